The van der Waals surface area contributed by atoms with Crippen molar-refractivity contribution in [3.05, 3.63) is 29.8 Å². The summed E-state index contributed by atoms with van der Waals surface area (Å²) in [6.07, 6.45) is 1.94. The molecule has 3 aliphatic rings. The minimum absolute atomic E-state index is 0.0981. The fourth-order valence-corrected chi connectivity index (χ4v) is 4.73. The summed E-state index contributed by atoms with van der Waals surface area (Å²) in [5.41, 5.74) is 0.735. The van der Waals surface area contributed by atoms with Crippen LogP contribution >= 0.6 is 0 Å². The maximum absolute atomic E-state index is 13.0. The molecule has 1 spiro atoms. The molecule has 4 rings (SSSR count). The van der Waals surface area contributed by atoms with E-state index in [9.17, 15) is 4.79 Å². The number of benzene rings is 1. The third kappa shape index (κ3) is 4.64. The summed E-state index contributed by atoms with van der Waals surface area (Å²) in [6, 6.07) is 8.18. The quantitative estimate of drug-likeness (QED) is 0.730. The number of likely N-dealkylation sites (tertiary alicyclic amines) is 1. The van der Waals surface area contributed by atoms with Gasteiger partial charge in [-0.3, -0.25) is 9.69 Å². The standard InChI is InChI=1S/C23H34N2O5/c1-22(28-3)8-10-25(11-9-22)21(26)20-14-23(17-29-20)16-24(12-13-30-23)15-18-4-6-19(27-2)7-5-18/h4-7,20H,8-17H2,1-3H3. The molecule has 1 amide bonds. The van der Waals surface area contributed by atoms with Crippen molar-refractivity contribution in [3.8, 4) is 5.75 Å². The molecule has 1 aromatic carbocycles. The van der Waals surface area contributed by atoms with Gasteiger partial charge in [0.05, 0.1) is 25.9 Å². The molecule has 3 saturated heterocycles. The van der Waals surface area contributed by atoms with Gasteiger partial charge in [0.1, 0.15) is 17.5 Å². The van der Waals surface area contributed by atoms with Gasteiger partial charge in [-0.25, -0.2) is 0 Å². The van der Waals surface area contributed by atoms with E-state index in [2.05, 4.69) is 24.0 Å². The number of amides is 1. The molecule has 0 aliphatic carbocycles. The zero-order valence-electron chi connectivity index (χ0n) is 18.4. The Morgan fingerprint density at radius 2 is 1.90 bits per heavy atom. The van der Waals surface area contributed by atoms with Gasteiger partial charge >= 0.3 is 0 Å². The van der Waals surface area contributed by atoms with Crippen molar-refractivity contribution in [2.24, 2.45) is 0 Å². The van der Waals surface area contributed by atoms with E-state index in [0.717, 1.165) is 51.3 Å². The number of morpholine rings is 1. The molecule has 7 nitrogen and oxygen atoms in total. The molecule has 0 radical (unpaired) electrons. The Morgan fingerprint density at radius 3 is 2.57 bits per heavy atom. The normalized spacial score (nSPS) is 29.3. The molecule has 7 heteroatoms. The van der Waals surface area contributed by atoms with Gasteiger partial charge in [0.25, 0.3) is 5.91 Å². The molecule has 166 valence electrons. The van der Waals surface area contributed by atoms with Crippen molar-refractivity contribution in [3.63, 3.8) is 0 Å². The molecule has 2 unspecified atom stereocenters. The van der Waals surface area contributed by atoms with Gasteiger partial charge in [0.15, 0.2) is 0 Å². The van der Waals surface area contributed by atoms with Gasteiger partial charge in [-0.05, 0) is 37.5 Å². The third-order valence-corrected chi connectivity index (χ3v) is 6.90. The molecule has 3 fully saturated rings. The number of carbonyl (C=O) groups is 1. The largest absolute Gasteiger partial charge is 0.497 e. The Kier molecular flexibility index (Phi) is 6.34. The van der Waals surface area contributed by atoms with E-state index in [4.69, 9.17) is 18.9 Å². The number of hydrogen-bond donors (Lipinski definition) is 0. The number of ether oxygens (including phenoxy) is 4. The number of carbonyl (C=O) groups excluding carboxylic acids is 1. The van der Waals surface area contributed by atoms with Gasteiger partial charge in [-0.2, -0.15) is 0 Å². The highest BCUT2D eigenvalue weighted by molar-refractivity contribution is 5.81. The van der Waals surface area contributed by atoms with Crippen LogP contribution in [0.4, 0.5) is 0 Å². The Labute approximate surface area is 179 Å². The van der Waals surface area contributed by atoms with Crippen LogP contribution < -0.4 is 4.74 Å². The van der Waals surface area contributed by atoms with Crippen LogP contribution in [0.2, 0.25) is 0 Å². The smallest absolute Gasteiger partial charge is 0.251 e. The number of nitrogens with zero attached hydrogens (tertiary/aromatic N) is 2. The average Bonchev–Trinajstić information content (AvgIpc) is 3.17. The summed E-state index contributed by atoms with van der Waals surface area (Å²) in [5.74, 6) is 0.965. The highest BCUT2D eigenvalue weighted by atomic mass is 16.6. The zero-order chi connectivity index (χ0) is 21.2. The molecule has 0 aromatic heterocycles. The van der Waals surface area contributed by atoms with Crippen molar-refractivity contribution in [1.29, 1.82) is 0 Å². The van der Waals surface area contributed by atoms with Crippen LogP contribution in [0.25, 0.3) is 0 Å². The second-order valence-electron chi connectivity index (χ2n) is 9.07. The fraction of sp³-hybridized carbons (Fsp3) is 0.696. The summed E-state index contributed by atoms with van der Waals surface area (Å²) in [6.45, 7) is 7.22. The van der Waals surface area contributed by atoms with Gasteiger partial charge in [0, 0.05) is 46.3 Å². The first-order chi connectivity index (χ1) is 14.4. The maximum Gasteiger partial charge on any atom is 0.251 e. The third-order valence-electron chi connectivity index (χ3n) is 6.90. The predicted octanol–water partition coefficient (Wildman–Crippen LogP) is 2.08. The molecular formula is C23H34N2O5. The summed E-state index contributed by atoms with van der Waals surface area (Å²) < 4.78 is 23.0. The summed E-state index contributed by atoms with van der Waals surface area (Å²) >= 11 is 0. The molecule has 0 N–H and O–H groups in total. The zero-order valence-corrected chi connectivity index (χ0v) is 18.4. The van der Waals surface area contributed by atoms with Crippen LogP contribution in [-0.2, 0) is 25.5 Å². The highest BCUT2D eigenvalue weighted by Crippen LogP contribution is 2.34. The number of rotatable bonds is 5. The lowest BCUT2D eigenvalue weighted by atomic mass is 9.92. The molecule has 0 bridgehead atoms. The van der Waals surface area contributed by atoms with Crippen molar-refractivity contribution in [2.75, 3.05) is 53.6 Å². The minimum Gasteiger partial charge on any atom is -0.497 e. The van der Waals surface area contributed by atoms with E-state index in [1.807, 2.05) is 17.0 Å². The van der Waals surface area contributed by atoms with Gasteiger partial charge in [-0.15, -0.1) is 0 Å². The minimum atomic E-state index is -0.405. The van der Waals surface area contributed by atoms with Crippen molar-refractivity contribution in [2.45, 2.75) is 50.0 Å². The van der Waals surface area contributed by atoms with Crippen LogP contribution in [0.15, 0.2) is 24.3 Å². The van der Waals surface area contributed by atoms with Crippen LogP contribution in [-0.4, -0.2) is 86.6 Å². The molecule has 2 atom stereocenters. The first-order valence-electron chi connectivity index (χ1n) is 10.9. The van der Waals surface area contributed by atoms with E-state index in [1.54, 1.807) is 14.2 Å². The lowest BCUT2D eigenvalue weighted by Gasteiger charge is -2.40. The molecule has 1 aromatic rings. The fourth-order valence-electron chi connectivity index (χ4n) is 4.73. The average molecular weight is 419 g/mol. The Morgan fingerprint density at radius 1 is 1.17 bits per heavy atom. The van der Waals surface area contributed by atoms with Gasteiger partial charge < -0.3 is 23.8 Å². The van der Waals surface area contributed by atoms with E-state index in [-0.39, 0.29) is 17.1 Å². The Bertz CT molecular complexity index is 732. The van der Waals surface area contributed by atoms with Crippen molar-refractivity contribution in [1.82, 2.24) is 9.80 Å². The van der Waals surface area contributed by atoms with Crippen LogP contribution in [0.3, 0.4) is 0 Å². The highest BCUT2D eigenvalue weighted by Gasteiger charge is 2.48. The van der Waals surface area contributed by atoms with E-state index in [0.29, 0.717) is 19.6 Å². The second-order valence-corrected chi connectivity index (χ2v) is 9.07. The molecule has 0 saturated carbocycles. The van der Waals surface area contributed by atoms with Crippen LogP contribution in [0, 0.1) is 0 Å². The molecule has 3 aliphatic heterocycles. The molecule has 3 heterocycles. The van der Waals surface area contributed by atoms with Crippen molar-refractivity contribution < 1.29 is 23.7 Å². The van der Waals surface area contributed by atoms with E-state index in [1.165, 1.54) is 5.56 Å². The lowest BCUT2D eigenvalue weighted by Crippen LogP contribution is -2.53. The van der Waals surface area contributed by atoms with E-state index < -0.39 is 6.10 Å². The first kappa shape index (κ1) is 21.6. The Balaban J connectivity index is 1.32. The van der Waals surface area contributed by atoms with Crippen LogP contribution in [0.5, 0.6) is 5.75 Å². The Hall–Kier alpha value is -1.67. The SMILES string of the molecule is COc1ccc(CN2CCOC3(COC(C(=O)N4CCC(C)(OC)CC4)C3)C2)cc1. The van der Waals surface area contributed by atoms with Gasteiger partial charge in [-0.1, -0.05) is 12.1 Å². The molecular weight excluding hydrogens is 384 g/mol. The lowest BCUT2D eigenvalue weighted by molar-refractivity contribution is -0.145. The predicted molar refractivity (Wildman–Crippen MR) is 113 cm³/mol. The topological polar surface area (TPSA) is 60.5 Å². The number of piperidine rings is 1. The number of methoxy groups -OCH3 is 2. The summed E-state index contributed by atoms with van der Waals surface area (Å²) in [4.78, 5) is 17.4. The van der Waals surface area contributed by atoms with Gasteiger partial charge in [0.2, 0.25) is 0 Å². The first-order valence-corrected chi connectivity index (χ1v) is 10.9. The monoisotopic (exact) mass is 418 g/mol. The number of hydrogen-bond acceptors (Lipinski definition) is 6. The van der Waals surface area contributed by atoms with E-state index >= 15 is 0 Å². The van der Waals surface area contributed by atoms with Crippen molar-refractivity contribution >= 4 is 5.91 Å². The molecule has 30 heavy (non-hydrogen) atoms. The second kappa shape index (κ2) is 8.83. The van der Waals surface area contributed by atoms with Crippen LogP contribution in [0.1, 0.15) is 31.7 Å². The summed E-state index contributed by atoms with van der Waals surface area (Å²) in [5, 5.41) is 0. The maximum atomic E-state index is 13.0. The summed E-state index contributed by atoms with van der Waals surface area (Å²) in [7, 11) is 3.43.